The second-order valence-corrected chi connectivity index (χ2v) is 15.1. The Morgan fingerprint density at radius 1 is 0.400 bits per heavy atom. The number of furan rings is 1. The summed E-state index contributed by atoms with van der Waals surface area (Å²) in [7, 11) is 0. The van der Waals surface area contributed by atoms with Crippen LogP contribution in [0.25, 0.3) is 115 Å². The molecular weight excluding hydrogens is 693 g/mol. The Labute approximate surface area is 318 Å². The van der Waals surface area contributed by atoms with E-state index >= 15 is 0 Å². The number of para-hydroxylation sites is 2. The SMILES string of the molecule is c1ccc(-c2nc(-c3ccc4c(c3)sc3ccccc34)nc(-c3cc(-n4c5ccccc5c5cc6ccccc6cc54)c4oc5ccccc5c4c3)n2)cc1. The van der Waals surface area contributed by atoms with Gasteiger partial charge in [0.2, 0.25) is 0 Å². The van der Waals surface area contributed by atoms with E-state index in [9.17, 15) is 0 Å². The minimum absolute atomic E-state index is 0.597. The highest BCUT2D eigenvalue weighted by molar-refractivity contribution is 7.25. The van der Waals surface area contributed by atoms with Crippen molar-refractivity contribution >= 4 is 86.0 Å². The van der Waals surface area contributed by atoms with Gasteiger partial charge in [0.1, 0.15) is 5.58 Å². The van der Waals surface area contributed by atoms with Gasteiger partial charge in [-0.25, -0.2) is 15.0 Å². The van der Waals surface area contributed by atoms with Gasteiger partial charge in [0.25, 0.3) is 0 Å². The van der Waals surface area contributed by atoms with E-state index in [1.807, 2.05) is 30.3 Å². The molecule has 0 fully saturated rings. The number of nitrogens with zero attached hydrogens (tertiary/aromatic N) is 4. The third-order valence-corrected chi connectivity index (χ3v) is 11.9. The topological polar surface area (TPSA) is 56.7 Å². The fourth-order valence-corrected chi connectivity index (χ4v) is 9.38. The van der Waals surface area contributed by atoms with Gasteiger partial charge >= 0.3 is 0 Å². The van der Waals surface area contributed by atoms with Gasteiger partial charge in [-0.3, -0.25) is 0 Å². The normalized spacial score (nSPS) is 12.0. The molecule has 8 aromatic carbocycles. The Morgan fingerprint density at radius 2 is 1.05 bits per heavy atom. The molecule has 0 aliphatic carbocycles. The lowest BCUT2D eigenvalue weighted by Crippen LogP contribution is -2.01. The standard InChI is InChI=1S/C49H28N4OS/c1-2-12-29(13-3-1)47-50-48(32-22-23-37-36-18-8-11-21-44(36)55-45(37)28-32)52-49(51-47)33-25-39-35-17-7-10-20-43(35)54-46(39)42(27-33)53-40-19-9-6-16-34(40)38-24-30-14-4-5-15-31(30)26-41(38)53/h1-28H. The molecule has 0 bridgehead atoms. The molecule has 4 aromatic heterocycles. The average molecular weight is 721 g/mol. The molecule has 0 radical (unpaired) electrons. The molecule has 4 heterocycles. The molecule has 0 aliphatic rings. The van der Waals surface area contributed by atoms with E-state index < -0.39 is 0 Å². The van der Waals surface area contributed by atoms with Crippen molar-refractivity contribution in [3.8, 4) is 39.9 Å². The molecule has 6 heteroatoms. The highest BCUT2D eigenvalue weighted by Crippen LogP contribution is 2.42. The van der Waals surface area contributed by atoms with Crippen molar-refractivity contribution in [2.75, 3.05) is 0 Å². The van der Waals surface area contributed by atoms with Crippen LogP contribution < -0.4 is 0 Å². The average Bonchev–Trinajstić information content (AvgIpc) is 3.92. The lowest BCUT2D eigenvalue weighted by molar-refractivity contribution is 0.666. The van der Waals surface area contributed by atoms with Gasteiger partial charge in [0.05, 0.1) is 16.7 Å². The highest BCUT2D eigenvalue weighted by Gasteiger charge is 2.22. The molecule has 0 saturated heterocycles. The Kier molecular flexibility index (Phi) is 6.44. The molecule has 5 nitrogen and oxygen atoms in total. The van der Waals surface area contributed by atoms with Crippen LogP contribution in [0.2, 0.25) is 0 Å². The lowest BCUT2D eigenvalue weighted by atomic mass is 10.1. The molecule has 256 valence electrons. The summed E-state index contributed by atoms with van der Waals surface area (Å²) < 4.78 is 11.6. The molecule has 0 saturated carbocycles. The highest BCUT2D eigenvalue weighted by atomic mass is 32.1. The molecule has 12 rings (SSSR count). The first-order valence-electron chi connectivity index (χ1n) is 18.3. The predicted octanol–water partition coefficient (Wildman–Crippen LogP) is 13.4. The van der Waals surface area contributed by atoms with Crippen LogP contribution in [-0.4, -0.2) is 19.5 Å². The van der Waals surface area contributed by atoms with Crippen LogP contribution in [0.5, 0.6) is 0 Å². The number of aromatic nitrogens is 4. The van der Waals surface area contributed by atoms with Gasteiger partial charge in [-0.05, 0) is 59.3 Å². The zero-order valence-electron chi connectivity index (χ0n) is 29.3. The molecule has 0 aliphatic heterocycles. The number of rotatable bonds is 4. The molecule has 0 unspecified atom stereocenters. The minimum Gasteiger partial charge on any atom is -0.454 e. The predicted molar refractivity (Wildman–Crippen MR) is 228 cm³/mol. The van der Waals surface area contributed by atoms with Crippen molar-refractivity contribution in [2.45, 2.75) is 0 Å². The first-order valence-corrected chi connectivity index (χ1v) is 19.2. The van der Waals surface area contributed by atoms with E-state index in [4.69, 9.17) is 19.4 Å². The van der Waals surface area contributed by atoms with Crippen molar-refractivity contribution in [1.82, 2.24) is 19.5 Å². The zero-order valence-corrected chi connectivity index (χ0v) is 30.1. The second kappa shape index (κ2) is 11.7. The Hall–Kier alpha value is -7.15. The summed E-state index contributed by atoms with van der Waals surface area (Å²) in [6.07, 6.45) is 0. The summed E-state index contributed by atoms with van der Waals surface area (Å²) >= 11 is 1.79. The lowest BCUT2D eigenvalue weighted by Gasteiger charge is -2.13. The summed E-state index contributed by atoms with van der Waals surface area (Å²) in [4.78, 5) is 15.6. The second-order valence-electron chi connectivity index (χ2n) is 14.0. The Balaban J connectivity index is 1.16. The summed E-state index contributed by atoms with van der Waals surface area (Å²) in [5.41, 5.74) is 7.54. The van der Waals surface area contributed by atoms with Crippen LogP contribution in [0.15, 0.2) is 174 Å². The fourth-order valence-electron chi connectivity index (χ4n) is 8.23. The fraction of sp³-hybridized carbons (Fsp3) is 0. The number of fused-ring (bicyclic) bond motifs is 10. The largest absolute Gasteiger partial charge is 0.454 e. The molecule has 0 amide bonds. The van der Waals surface area contributed by atoms with Crippen LogP contribution in [0.1, 0.15) is 0 Å². The smallest absolute Gasteiger partial charge is 0.164 e. The maximum absolute atomic E-state index is 6.76. The third-order valence-electron chi connectivity index (χ3n) is 10.8. The van der Waals surface area contributed by atoms with Crippen LogP contribution in [0.4, 0.5) is 0 Å². The van der Waals surface area contributed by atoms with Crippen molar-refractivity contribution in [1.29, 1.82) is 0 Å². The van der Waals surface area contributed by atoms with Crippen molar-refractivity contribution in [2.24, 2.45) is 0 Å². The van der Waals surface area contributed by atoms with Gasteiger partial charge in [0.15, 0.2) is 23.1 Å². The monoisotopic (exact) mass is 720 g/mol. The van der Waals surface area contributed by atoms with Gasteiger partial charge in [-0.2, -0.15) is 0 Å². The zero-order chi connectivity index (χ0) is 36.0. The molecule has 12 aromatic rings. The van der Waals surface area contributed by atoms with Gasteiger partial charge < -0.3 is 8.98 Å². The van der Waals surface area contributed by atoms with E-state index in [1.165, 1.54) is 41.7 Å². The number of hydrogen-bond acceptors (Lipinski definition) is 5. The maximum Gasteiger partial charge on any atom is 0.164 e. The Morgan fingerprint density at radius 3 is 1.91 bits per heavy atom. The van der Waals surface area contributed by atoms with Crippen molar-refractivity contribution < 1.29 is 4.42 Å². The van der Waals surface area contributed by atoms with Gasteiger partial charge in [-0.1, -0.05) is 121 Å². The summed E-state index contributed by atoms with van der Waals surface area (Å²) in [6.45, 7) is 0. The number of thiophene rings is 1. The van der Waals surface area contributed by atoms with E-state index in [-0.39, 0.29) is 0 Å². The van der Waals surface area contributed by atoms with Crippen LogP contribution in [0.3, 0.4) is 0 Å². The first kappa shape index (κ1) is 30.3. The van der Waals surface area contributed by atoms with Gasteiger partial charge in [-0.15, -0.1) is 11.3 Å². The quantitative estimate of drug-likeness (QED) is 0.182. The van der Waals surface area contributed by atoms with E-state index in [2.05, 4.69) is 144 Å². The molecule has 0 N–H and O–H groups in total. The Bertz CT molecular complexity index is 3500. The van der Waals surface area contributed by atoms with Crippen LogP contribution in [0, 0.1) is 0 Å². The van der Waals surface area contributed by atoms with Crippen LogP contribution in [-0.2, 0) is 0 Å². The minimum atomic E-state index is 0.597. The maximum atomic E-state index is 6.76. The van der Waals surface area contributed by atoms with Crippen molar-refractivity contribution in [3.05, 3.63) is 170 Å². The summed E-state index contributed by atoms with van der Waals surface area (Å²) in [5, 5.41) is 9.31. The van der Waals surface area contributed by atoms with E-state index in [1.54, 1.807) is 11.3 Å². The number of benzene rings is 8. The van der Waals surface area contributed by atoms with Gasteiger partial charge in [0, 0.05) is 58.4 Å². The molecular formula is C49H28N4OS. The summed E-state index contributed by atoms with van der Waals surface area (Å²) in [5.74, 6) is 1.85. The third kappa shape index (κ3) is 4.68. The summed E-state index contributed by atoms with van der Waals surface area (Å²) in [6, 6.07) is 59.7. The molecule has 0 spiro atoms. The molecule has 55 heavy (non-hydrogen) atoms. The van der Waals surface area contributed by atoms with E-state index in [0.29, 0.717) is 17.5 Å². The van der Waals surface area contributed by atoms with E-state index in [0.717, 1.165) is 55.3 Å². The van der Waals surface area contributed by atoms with Crippen LogP contribution >= 0.6 is 11.3 Å². The number of hydrogen-bond donors (Lipinski definition) is 0. The van der Waals surface area contributed by atoms with Crippen molar-refractivity contribution in [3.63, 3.8) is 0 Å². The molecule has 0 atom stereocenters. The first-order chi connectivity index (χ1) is 27.2.